The first-order valence-electron chi connectivity index (χ1n) is 11.4. The Morgan fingerprint density at radius 1 is 1.00 bits per heavy atom. The molecule has 2 aliphatic heterocycles. The normalized spacial score (nSPS) is 22.5. The van der Waals surface area contributed by atoms with Crippen LogP contribution in [0.2, 0.25) is 0 Å². The van der Waals surface area contributed by atoms with Gasteiger partial charge < -0.3 is 4.74 Å². The summed E-state index contributed by atoms with van der Waals surface area (Å²) in [6, 6.07) is 16.0. The Labute approximate surface area is 200 Å². The van der Waals surface area contributed by atoms with Crippen LogP contribution in [0.5, 0.6) is 0 Å². The fraction of sp³-hybridized carbons (Fsp3) is 0.321. The first kappa shape index (κ1) is 23.5. The molecule has 6 heteroatoms. The molecule has 1 saturated heterocycles. The number of imide groups is 1. The van der Waals surface area contributed by atoms with Crippen LogP contribution >= 0.6 is 0 Å². The van der Waals surface area contributed by atoms with E-state index >= 15 is 0 Å². The van der Waals surface area contributed by atoms with Gasteiger partial charge >= 0.3 is 0 Å². The van der Waals surface area contributed by atoms with Crippen molar-refractivity contribution in [2.45, 2.75) is 45.9 Å². The Balaban J connectivity index is 1.55. The van der Waals surface area contributed by atoms with E-state index in [4.69, 9.17) is 4.74 Å². The molecule has 34 heavy (non-hydrogen) atoms. The molecule has 1 fully saturated rings. The van der Waals surface area contributed by atoms with Crippen LogP contribution in [-0.2, 0) is 4.74 Å². The van der Waals surface area contributed by atoms with E-state index in [1.54, 1.807) is 47.4 Å². The minimum Gasteiger partial charge on any atom is -0.472 e. The third-order valence-corrected chi connectivity index (χ3v) is 6.45. The highest BCUT2D eigenvalue weighted by Gasteiger charge is 2.53. The minimum absolute atomic E-state index is 0.129. The molecule has 2 aromatic rings. The monoisotopic (exact) mass is 458 g/mol. The summed E-state index contributed by atoms with van der Waals surface area (Å²) in [6.45, 7) is 12.3. The number of fused-ring (bicyclic) bond motifs is 1. The fourth-order valence-corrected chi connectivity index (χ4v) is 4.43. The van der Waals surface area contributed by atoms with Crippen molar-refractivity contribution in [3.8, 4) is 0 Å². The maximum Gasteiger partial charge on any atom is 0.261 e. The predicted molar refractivity (Wildman–Crippen MR) is 130 cm³/mol. The SMILES string of the molecule is C=C1O[C@H](C(C)(C)C)N(C(=O)c2ccccc2)[C@@]1(C)C/C=C/CN1C(=O)c2ccccc2C1=O. The second kappa shape index (κ2) is 8.60. The van der Waals surface area contributed by atoms with Gasteiger partial charge in [-0.2, -0.15) is 0 Å². The highest BCUT2D eigenvalue weighted by Crippen LogP contribution is 2.45. The standard InChI is InChI=1S/C28H30N2O4/c1-19-28(5,17-11-12-18-29-24(32)21-15-9-10-16-22(21)25(29)33)30(26(34-19)27(2,3)4)23(31)20-13-7-6-8-14-20/h6-16,26H,1,17-18H2,2-5H3/b12-11+/t26-,28+/m1/s1. The molecule has 176 valence electrons. The van der Waals surface area contributed by atoms with Gasteiger partial charge in [-0.05, 0) is 37.6 Å². The first-order valence-corrected chi connectivity index (χ1v) is 11.4. The number of hydrogen-bond acceptors (Lipinski definition) is 4. The van der Waals surface area contributed by atoms with E-state index in [2.05, 4.69) is 6.58 Å². The molecule has 0 bridgehead atoms. The summed E-state index contributed by atoms with van der Waals surface area (Å²) in [5.41, 5.74) is 0.311. The first-order chi connectivity index (χ1) is 16.1. The van der Waals surface area contributed by atoms with Crippen LogP contribution in [0, 0.1) is 5.41 Å². The van der Waals surface area contributed by atoms with Crippen LogP contribution in [0.3, 0.4) is 0 Å². The van der Waals surface area contributed by atoms with Crippen molar-refractivity contribution < 1.29 is 19.1 Å². The van der Waals surface area contributed by atoms with E-state index in [1.165, 1.54) is 4.90 Å². The third kappa shape index (κ3) is 3.94. The molecule has 0 radical (unpaired) electrons. The molecular formula is C28H30N2O4. The lowest BCUT2D eigenvalue weighted by atomic mass is 9.88. The van der Waals surface area contributed by atoms with Gasteiger partial charge in [-0.15, -0.1) is 0 Å². The number of ether oxygens (including phenoxy) is 1. The van der Waals surface area contributed by atoms with Crippen molar-refractivity contribution in [3.63, 3.8) is 0 Å². The second-order valence-electron chi connectivity index (χ2n) is 10.0. The largest absolute Gasteiger partial charge is 0.472 e. The Morgan fingerprint density at radius 2 is 1.56 bits per heavy atom. The average Bonchev–Trinajstić information content (AvgIpc) is 3.22. The van der Waals surface area contributed by atoms with Gasteiger partial charge in [0, 0.05) is 17.5 Å². The highest BCUT2D eigenvalue weighted by atomic mass is 16.5. The summed E-state index contributed by atoms with van der Waals surface area (Å²) in [7, 11) is 0. The smallest absolute Gasteiger partial charge is 0.261 e. The van der Waals surface area contributed by atoms with Crippen LogP contribution in [0.15, 0.2) is 79.1 Å². The van der Waals surface area contributed by atoms with Gasteiger partial charge in [0.05, 0.1) is 11.1 Å². The molecule has 6 nitrogen and oxygen atoms in total. The number of carbonyl (C=O) groups is 3. The van der Waals surface area contributed by atoms with Crippen molar-refractivity contribution in [1.82, 2.24) is 9.80 Å². The molecule has 0 unspecified atom stereocenters. The summed E-state index contributed by atoms with van der Waals surface area (Å²) in [5, 5.41) is 0. The minimum atomic E-state index is -0.788. The zero-order chi connectivity index (χ0) is 24.7. The van der Waals surface area contributed by atoms with E-state index in [9.17, 15) is 14.4 Å². The second-order valence-corrected chi connectivity index (χ2v) is 10.0. The Kier molecular flexibility index (Phi) is 5.94. The van der Waals surface area contributed by atoms with Gasteiger partial charge in [0.2, 0.25) is 0 Å². The van der Waals surface area contributed by atoms with Crippen molar-refractivity contribution in [1.29, 1.82) is 0 Å². The van der Waals surface area contributed by atoms with Crippen LogP contribution < -0.4 is 0 Å². The van der Waals surface area contributed by atoms with Gasteiger partial charge in [0.15, 0.2) is 6.23 Å². The van der Waals surface area contributed by atoms with Gasteiger partial charge in [0.1, 0.15) is 11.3 Å². The number of benzene rings is 2. The van der Waals surface area contributed by atoms with Gasteiger partial charge in [-0.1, -0.05) is 69.8 Å². The molecule has 4 rings (SSSR count). The zero-order valence-corrected chi connectivity index (χ0v) is 20.1. The van der Waals surface area contributed by atoms with Crippen molar-refractivity contribution in [2.75, 3.05) is 6.54 Å². The van der Waals surface area contributed by atoms with Gasteiger partial charge in [-0.3, -0.25) is 24.2 Å². The Morgan fingerprint density at radius 3 is 2.12 bits per heavy atom. The molecule has 0 N–H and O–H groups in total. The van der Waals surface area contributed by atoms with E-state index in [1.807, 2.05) is 52.0 Å². The van der Waals surface area contributed by atoms with Crippen LogP contribution in [0.4, 0.5) is 0 Å². The molecule has 0 aliphatic carbocycles. The summed E-state index contributed by atoms with van der Waals surface area (Å²) >= 11 is 0. The number of hydrogen-bond donors (Lipinski definition) is 0. The Bertz CT molecular complexity index is 1140. The molecule has 2 aromatic carbocycles. The van der Waals surface area contributed by atoms with Crippen LogP contribution in [0.25, 0.3) is 0 Å². The molecule has 2 aliphatic rings. The average molecular weight is 459 g/mol. The topological polar surface area (TPSA) is 66.9 Å². The van der Waals surface area contributed by atoms with E-state index in [-0.39, 0.29) is 29.7 Å². The number of amides is 3. The predicted octanol–water partition coefficient (Wildman–Crippen LogP) is 5.05. The number of carbonyl (C=O) groups excluding carboxylic acids is 3. The van der Waals surface area contributed by atoms with E-state index in [0.29, 0.717) is 28.9 Å². The third-order valence-electron chi connectivity index (χ3n) is 6.45. The molecule has 0 saturated carbocycles. The van der Waals surface area contributed by atoms with Crippen LogP contribution in [-0.4, -0.2) is 45.8 Å². The molecule has 3 amide bonds. The molecule has 0 spiro atoms. The zero-order valence-electron chi connectivity index (χ0n) is 20.1. The summed E-state index contributed by atoms with van der Waals surface area (Å²) < 4.78 is 6.16. The number of rotatable bonds is 5. The Hall–Kier alpha value is -3.67. The van der Waals surface area contributed by atoms with E-state index in [0.717, 1.165) is 0 Å². The molecule has 2 atom stereocenters. The number of nitrogens with zero attached hydrogens (tertiary/aromatic N) is 2. The lowest BCUT2D eigenvalue weighted by Crippen LogP contribution is -2.53. The van der Waals surface area contributed by atoms with Gasteiger partial charge in [-0.25, -0.2) is 0 Å². The van der Waals surface area contributed by atoms with Crippen molar-refractivity contribution in [2.24, 2.45) is 5.41 Å². The van der Waals surface area contributed by atoms with Crippen molar-refractivity contribution >= 4 is 17.7 Å². The molecular weight excluding hydrogens is 428 g/mol. The fourth-order valence-electron chi connectivity index (χ4n) is 4.43. The summed E-state index contributed by atoms with van der Waals surface area (Å²) in [6.07, 6.45) is 3.62. The maximum atomic E-state index is 13.6. The van der Waals surface area contributed by atoms with E-state index < -0.39 is 11.8 Å². The van der Waals surface area contributed by atoms with Crippen molar-refractivity contribution in [3.05, 3.63) is 95.8 Å². The molecule has 0 aromatic heterocycles. The van der Waals surface area contributed by atoms with Crippen LogP contribution in [0.1, 0.15) is 65.2 Å². The summed E-state index contributed by atoms with van der Waals surface area (Å²) in [4.78, 5) is 41.8. The maximum absolute atomic E-state index is 13.6. The molecule has 2 heterocycles. The lowest BCUT2D eigenvalue weighted by Gasteiger charge is -2.39. The lowest BCUT2D eigenvalue weighted by molar-refractivity contribution is -0.0319. The highest BCUT2D eigenvalue weighted by molar-refractivity contribution is 6.21. The quantitative estimate of drug-likeness (QED) is 0.465. The summed E-state index contributed by atoms with van der Waals surface area (Å²) in [5.74, 6) is -0.199. The van der Waals surface area contributed by atoms with Gasteiger partial charge in [0.25, 0.3) is 17.7 Å².